The molecule has 1 aliphatic rings. The predicted molar refractivity (Wildman–Crippen MR) is 67.0 cm³/mol. The third-order valence-electron chi connectivity index (χ3n) is 3.59. The molecule has 0 amide bonds. The minimum atomic E-state index is -1.07. The second-order valence-electron chi connectivity index (χ2n) is 5.23. The van der Waals surface area contributed by atoms with Gasteiger partial charge < -0.3 is 5.11 Å². The van der Waals surface area contributed by atoms with Gasteiger partial charge in [0.05, 0.1) is 5.56 Å². The Balaban J connectivity index is 2.21. The van der Waals surface area contributed by atoms with Crippen molar-refractivity contribution < 1.29 is 14.3 Å². The fourth-order valence-electron chi connectivity index (χ4n) is 2.71. The van der Waals surface area contributed by atoms with Crippen molar-refractivity contribution in [2.45, 2.75) is 32.9 Å². The summed E-state index contributed by atoms with van der Waals surface area (Å²) in [6.07, 6.45) is 1.13. The Morgan fingerprint density at radius 1 is 1.50 bits per heavy atom. The molecule has 0 saturated carbocycles. The first-order valence-electron chi connectivity index (χ1n) is 6.23. The van der Waals surface area contributed by atoms with Crippen LogP contribution in [-0.4, -0.2) is 28.6 Å². The normalized spacial score (nSPS) is 24.4. The third-order valence-corrected chi connectivity index (χ3v) is 3.59. The average Bonchev–Trinajstić information content (AvgIpc) is 2.60. The zero-order valence-electron chi connectivity index (χ0n) is 10.7. The Morgan fingerprint density at radius 3 is 2.78 bits per heavy atom. The van der Waals surface area contributed by atoms with E-state index in [0.29, 0.717) is 24.1 Å². The molecule has 0 bridgehead atoms. The maximum absolute atomic E-state index is 13.1. The smallest absolute Gasteiger partial charge is 0.336 e. The van der Waals surface area contributed by atoms with E-state index in [1.54, 1.807) is 6.07 Å². The Morgan fingerprint density at radius 2 is 2.22 bits per heavy atom. The van der Waals surface area contributed by atoms with Gasteiger partial charge in [0.1, 0.15) is 5.82 Å². The number of benzene rings is 1. The molecule has 4 heteroatoms. The minimum absolute atomic E-state index is 0.0711. The van der Waals surface area contributed by atoms with E-state index >= 15 is 0 Å². The molecule has 1 aromatic carbocycles. The van der Waals surface area contributed by atoms with Crippen LogP contribution in [0.25, 0.3) is 0 Å². The van der Waals surface area contributed by atoms with Gasteiger partial charge in [-0.25, -0.2) is 9.18 Å². The van der Waals surface area contributed by atoms with Crippen LogP contribution in [0.5, 0.6) is 0 Å². The summed E-state index contributed by atoms with van der Waals surface area (Å²) in [6, 6.07) is 4.45. The maximum Gasteiger partial charge on any atom is 0.336 e. The highest BCUT2D eigenvalue weighted by Gasteiger charge is 2.27. The number of likely N-dealkylation sites (tertiary alicyclic amines) is 1. The van der Waals surface area contributed by atoms with Crippen LogP contribution >= 0.6 is 0 Å². The molecule has 1 N–H and O–H groups in total. The summed E-state index contributed by atoms with van der Waals surface area (Å²) in [6.45, 7) is 5.89. The lowest BCUT2D eigenvalue weighted by atomic mass is 10.1. The van der Waals surface area contributed by atoms with E-state index in [2.05, 4.69) is 18.7 Å². The van der Waals surface area contributed by atoms with Crippen molar-refractivity contribution in [3.8, 4) is 0 Å². The number of rotatable bonds is 3. The molecule has 0 aliphatic carbocycles. The first-order chi connectivity index (χ1) is 8.47. The van der Waals surface area contributed by atoms with E-state index in [1.807, 2.05) is 0 Å². The van der Waals surface area contributed by atoms with Crippen molar-refractivity contribution in [2.24, 2.45) is 5.92 Å². The van der Waals surface area contributed by atoms with Gasteiger partial charge in [-0.05, 0) is 37.0 Å². The summed E-state index contributed by atoms with van der Waals surface area (Å²) >= 11 is 0. The van der Waals surface area contributed by atoms with Gasteiger partial charge in [-0.1, -0.05) is 13.0 Å². The third kappa shape index (κ3) is 2.70. The van der Waals surface area contributed by atoms with E-state index < -0.39 is 11.8 Å². The van der Waals surface area contributed by atoms with Gasteiger partial charge >= 0.3 is 5.97 Å². The fraction of sp³-hybridized carbons (Fsp3) is 0.500. The molecule has 1 saturated heterocycles. The SMILES string of the molecule is CC1CC(C)N(Cc2ccc(F)cc2C(=O)O)C1. The van der Waals surface area contributed by atoms with Crippen LogP contribution in [-0.2, 0) is 6.54 Å². The molecule has 18 heavy (non-hydrogen) atoms. The number of halogens is 1. The molecule has 1 aromatic rings. The van der Waals surface area contributed by atoms with E-state index in [4.69, 9.17) is 5.11 Å². The highest BCUT2D eigenvalue weighted by molar-refractivity contribution is 5.89. The predicted octanol–water partition coefficient (Wildman–Crippen LogP) is 2.75. The average molecular weight is 251 g/mol. The van der Waals surface area contributed by atoms with Crippen molar-refractivity contribution in [1.82, 2.24) is 4.90 Å². The van der Waals surface area contributed by atoms with Crippen LogP contribution in [0.3, 0.4) is 0 Å². The molecular formula is C14H18FNO2. The van der Waals surface area contributed by atoms with Crippen molar-refractivity contribution in [3.63, 3.8) is 0 Å². The lowest BCUT2D eigenvalue weighted by molar-refractivity contribution is 0.0693. The number of hydrogen-bond acceptors (Lipinski definition) is 2. The summed E-state index contributed by atoms with van der Waals surface area (Å²) in [5.74, 6) is -0.933. The monoisotopic (exact) mass is 251 g/mol. The topological polar surface area (TPSA) is 40.5 Å². The van der Waals surface area contributed by atoms with Crippen LogP contribution in [0.4, 0.5) is 4.39 Å². The molecule has 98 valence electrons. The van der Waals surface area contributed by atoms with Gasteiger partial charge in [0.2, 0.25) is 0 Å². The van der Waals surface area contributed by atoms with Gasteiger partial charge in [0, 0.05) is 19.1 Å². The first kappa shape index (κ1) is 13.0. The van der Waals surface area contributed by atoms with Gasteiger partial charge in [0.15, 0.2) is 0 Å². The molecule has 1 fully saturated rings. The fourth-order valence-corrected chi connectivity index (χ4v) is 2.71. The maximum atomic E-state index is 13.1. The Bertz CT molecular complexity index is 461. The van der Waals surface area contributed by atoms with Crippen LogP contribution in [0, 0.1) is 11.7 Å². The number of nitrogens with zero attached hydrogens (tertiary/aromatic N) is 1. The highest BCUT2D eigenvalue weighted by Crippen LogP contribution is 2.25. The molecule has 0 radical (unpaired) electrons. The molecule has 2 atom stereocenters. The summed E-state index contributed by atoms with van der Waals surface area (Å²) in [7, 11) is 0. The van der Waals surface area contributed by atoms with Gasteiger partial charge in [-0.3, -0.25) is 4.90 Å². The van der Waals surface area contributed by atoms with E-state index in [9.17, 15) is 9.18 Å². The van der Waals surface area contributed by atoms with Crippen LogP contribution < -0.4 is 0 Å². The molecule has 1 heterocycles. The summed E-state index contributed by atoms with van der Waals surface area (Å²) in [5, 5.41) is 9.10. The minimum Gasteiger partial charge on any atom is -0.478 e. The van der Waals surface area contributed by atoms with E-state index in [1.165, 1.54) is 6.07 Å². The standard InChI is InChI=1S/C14H18FNO2/c1-9-5-10(2)16(7-9)8-11-3-4-12(15)6-13(11)14(17)18/h3-4,6,9-10H,5,7-8H2,1-2H3,(H,17,18). The van der Waals surface area contributed by atoms with Crippen molar-refractivity contribution >= 4 is 5.97 Å². The number of carboxylic acids is 1. The Labute approximate surface area is 106 Å². The number of carbonyl (C=O) groups is 1. The lowest BCUT2D eigenvalue weighted by Gasteiger charge is -2.21. The molecule has 3 nitrogen and oxygen atoms in total. The molecule has 2 unspecified atom stereocenters. The van der Waals surface area contributed by atoms with Gasteiger partial charge in [0.25, 0.3) is 0 Å². The Kier molecular flexibility index (Phi) is 3.66. The zero-order valence-corrected chi connectivity index (χ0v) is 10.7. The summed E-state index contributed by atoms with van der Waals surface area (Å²) < 4.78 is 13.1. The lowest BCUT2D eigenvalue weighted by Crippen LogP contribution is -2.27. The molecular weight excluding hydrogens is 233 g/mol. The number of aromatic carboxylic acids is 1. The van der Waals surface area contributed by atoms with Crippen molar-refractivity contribution in [1.29, 1.82) is 0 Å². The number of hydrogen-bond donors (Lipinski definition) is 1. The first-order valence-corrected chi connectivity index (χ1v) is 6.23. The molecule has 2 rings (SSSR count). The molecule has 1 aliphatic heterocycles. The van der Waals surface area contributed by atoms with Crippen molar-refractivity contribution in [3.05, 3.63) is 35.1 Å². The van der Waals surface area contributed by atoms with Crippen molar-refractivity contribution in [2.75, 3.05) is 6.54 Å². The summed E-state index contributed by atoms with van der Waals surface area (Å²) in [4.78, 5) is 13.4. The van der Waals surface area contributed by atoms with Crippen LogP contribution in [0.2, 0.25) is 0 Å². The molecule has 0 spiro atoms. The van der Waals surface area contributed by atoms with Gasteiger partial charge in [-0.15, -0.1) is 0 Å². The second-order valence-corrected chi connectivity index (χ2v) is 5.23. The van der Waals surface area contributed by atoms with E-state index in [0.717, 1.165) is 19.0 Å². The zero-order chi connectivity index (χ0) is 13.3. The highest BCUT2D eigenvalue weighted by atomic mass is 19.1. The number of carboxylic acid groups (broad SMARTS) is 1. The largest absolute Gasteiger partial charge is 0.478 e. The molecule has 0 aromatic heterocycles. The second kappa shape index (κ2) is 5.06. The Hall–Kier alpha value is -1.42. The summed E-state index contributed by atoms with van der Waals surface area (Å²) in [5.41, 5.74) is 0.756. The van der Waals surface area contributed by atoms with Crippen LogP contribution in [0.15, 0.2) is 18.2 Å². The van der Waals surface area contributed by atoms with Gasteiger partial charge in [-0.2, -0.15) is 0 Å². The quantitative estimate of drug-likeness (QED) is 0.898. The van der Waals surface area contributed by atoms with Crippen LogP contribution in [0.1, 0.15) is 36.2 Å². The van der Waals surface area contributed by atoms with E-state index in [-0.39, 0.29) is 5.56 Å².